The molecule has 2 saturated heterocycles. The number of hydrogen-bond donors (Lipinski definition) is 3. The molecule has 0 radical (unpaired) electrons. The van der Waals surface area contributed by atoms with E-state index in [-0.39, 0.29) is 54.8 Å². The average Bonchev–Trinajstić information content (AvgIpc) is 3.76. The highest BCUT2D eigenvalue weighted by atomic mass is 16.6. The largest absolute Gasteiger partial charge is 0.460 e. The molecule has 4 aliphatic rings. The first kappa shape index (κ1) is 53.2. The minimum absolute atomic E-state index is 0.0199. The quantitative estimate of drug-likeness (QED) is 0.165. The topological polar surface area (TPSA) is 195 Å². The highest BCUT2D eigenvalue weighted by Crippen LogP contribution is 2.38. The van der Waals surface area contributed by atoms with E-state index in [1.165, 1.54) is 7.11 Å². The van der Waals surface area contributed by atoms with Gasteiger partial charge in [-0.05, 0) is 101 Å². The lowest BCUT2D eigenvalue weighted by molar-refractivity contribution is -0.265. The Morgan fingerprint density at radius 1 is 0.859 bits per heavy atom. The maximum Gasteiger partial charge on any atom is 0.329 e. The van der Waals surface area contributed by atoms with Gasteiger partial charge >= 0.3 is 5.97 Å². The van der Waals surface area contributed by atoms with Crippen molar-refractivity contribution in [2.45, 2.75) is 174 Å². The fraction of sp³-hybridized carbons (Fsp3) is 0.740. The predicted octanol–water partition coefficient (Wildman–Crippen LogP) is 5.79. The second-order valence-corrected chi connectivity index (χ2v) is 19.2. The molecule has 3 aliphatic heterocycles. The van der Waals surface area contributed by atoms with Crippen molar-refractivity contribution in [1.29, 1.82) is 0 Å². The number of carbonyl (C=O) groups is 5. The molecule has 3 N–H and O–H groups in total. The summed E-state index contributed by atoms with van der Waals surface area (Å²) in [5, 5.41) is 33.7. The molecule has 14 heteroatoms. The van der Waals surface area contributed by atoms with E-state index in [0.29, 0.717) is 56.9 Å². The molecule has 1 amide bonds. The molecular formula is C50H77NO13. The number of ether oxygens (including phenoxy) is 5. The number of ketones is 3. The Morgan fingerprint density at radius 2 is 1.58 bits per heavy atom. The zero-order valence-corrected chi connectivity index (χ0v) is 39.9. The molecule has 0 aromatic heterocycles. The van der Waals surface area contributed by atoms with Crippen LogP contribution in [0.25, 0.3) is 0 Å². The standard InChI is InChI=1S/C50H77NO13/c1-29-15-12-11-13-16-30(2)41(60-8)27-37-20-18-35(7)50(59,64-37)47(56)48(57)51-22-14-17-38(51)49(58)63-42(32(4)25-36-19-21-39(52)43(26-36)61-9)28-40(53)31(3)24-34(6)45(55)46(62-10)44(54)33(5)23-29/h11-13,15-16,24,29,31-33,35-39,41-43,45-46,52,55,59H,14,17-23,25-28H2,1-10H3. The summed E-state index contributed by atoms with van der Waals surface area (Å²) in [4.78, 5) is 71.2. The Morgan fingerprint density at radius 3 is 2.25 bits per heavy atom. The maximum absolute atomic E-state index is 14.2. The van der Waals surface area contributed by atoms with Crippen LogP contribution in [0.5, 0.6) is 0 Å². The van der Waals surface area contributed by atoms with Gasteiger partial charge in [0.05, 0.1) is 24.4 Å². The first-order chi connectivity index (χ1) is 30.2. The number of carbonyl (C=O) groups excluding carboxylic acids is 5. The summed E-state index contributed by atoms with van der Waals surface area (Å²) >= 11 is 0. The second kappa shape index (κ2) is 24.4. The SMILES string of the molecule is COC1CC2CCC(C)C(O)(O2)C(=O)C(=O)N2CCCC2C(=O)OC(C(C)CC2CCC(O)C(OC)C2)CC(=O)C(C)C=C(C)C(O)C(OC)C(=O)C(C)CC(C)C=CC=CC=C1C. The molecule has 3 fully saturated rings. The highest BCUT2D eigenvalue weighted by molar-refractivity contribution is 6.39. The molecule has 15 atom stereocenters. The summed E-state index contributed by atoms with van der Waals surface area (Å²) in [5.74, 6) is -7.97. The van der Waals surface area contributed by atoms with E-state index in [4.69, 9.17) is 23.7 Å². The van der Waals surface area contributed by atoms with Crippen LogP contribution in [-0.2, 0) is 47.7 Å². The number of methoxy groups -OCH3 is 3. The number of aliphatic hydroxyl groups excluding tert-OH is 2. The lowest BCUT2D eigenvalue weighted by Crippen LogP contribution is -2.59. The van der Waals surface area contributed by atoms with Gasteiger partial charge in [-0.3, -0.25) is 19.2 Å². The van der Waals surface area contributed by atoms with E-state index in [9.17, 15) is 39.3 Å². The van der Waals surface area contributed by atoms with Crippen molar-refractivity contribution >= 4 is 29.2 Å². The summed E-state index contributed by atoms with van der Waals surface area (Å²) in [7, 11) is 4.51. The van der Waals surface area contributed by atoms with Gasteiger partial charge < -0.3 is 43.9 Å². The molecule has 3 heterocycles. The van der Waals surface area contributed by atoms with E-state index < -0.39 is 83.9 Å². The summed E-state index contributed by atoms with van der Waals surface area (Å²) in [5.41, 5.74) is 1.26. The van der Waals surface area contributed by atoms with Gasteiger partial charge in [-0.25, -0.2) is 4.79 Å². The summed E-state index contributed by atoms with van der Waals surface area (Å²) in [6.07, 6.45) is 10.5. The summed E-state index contributed by atoms with van der Waals surface area (Å²) in [6.45, 7) is 12.7. The van der Waals surface area contributed by atoms with Gasteiger partial charge in [0.2, 0.25) is 5.79 Å². The van der Waals surface area contributed by atoms with Crippen LogP contribution in [0.2, 0.25) is 0 Å². The van der Waals surface area contributed by atoms with E-state index in [1.807, 2.05) is 58.1 Å². The number of aliphatic hydroxyl groups is 3. The molecule has 64 heavy (non-hydrogen) atoms. The maximum atomic E-state index is 14.2. The molecule has 0 spiro atoms. The predicted molar refractivity (Wildman–Crippen MR) is 241 cm³/mol. The minimum atomic E-state index is -2.42. The zero-order valence-electron chi connectivity index (χ0n) is 39.9. The van der Waals surface area contributed by atoms with Gasteiger partial charge in [0.25, 0.3) is 11.7 Å². The Labute approximate surface area is 380 Å². The van der Waals surface area contributed by atoms with Crippen molar-refractivity contribution in [2.24, 2.45) is 35.5 Å². The molecule has 0 aromatic rings. The first-order valence-corrected chi connectivity index (χ1v) is 23.4. The van der Waals surface area contributed by atoms with Gasteiger partial charge in [-0.15, -0.1) is 0 Å². The van der Waals surface area contributed by atoms with E-state index in [0.717, 1.165) is 16.9 Å². The number of rotatable bonds is 6. The smallest absolute Gasteiger partial charge is 0.329 e. The third-order valence-corrected chi connectivity index (χ3v) is 14.2. The highest BCUT2D eigenvalue weighted by Gasteiger charge is 2.53. The molecule has 15 unspecified atom stereocenters. The van der Waals surface area contributed by atoms with Crippen LogP contribution in [0.3, 0.4) is 0 Å². The van der Waals surface area contributed by atoms with Crippen LogP contribution >= 0.6 is 0 Å². The molecule has 14 nitrogen and oxygen atoms in total. The van der Waals surface area contributed by atoms with Crippen molar-refractivity contribution < 1.29 is 63.0 Å². The molecular weight excluding hydrogens is 823 g/mol. The minimum Gasteiger partial charge on any atom is -0.460 e. The third-order valence-electron chi connectivity index (χ3n) is 14.2. The lowest BCUT2D eigenvalue weighted by atomic mass is 9.78. The summed E-state index contributed by atoms with van der Waals surface area (Å²) < 4.78 is 29.2. The van der Waals surface area contributed by atoms with Crippen molar-refractivity contribution in [1.82, 2.24) is 4.90 Å². The Hall–Kier alpha value is -3.37. The van der Waals surface area contributed by atoms with Crippen LogP contribution in [0.1, 0.15) is 119 Å². The van der Waals surface area contributed by atoms with E-state index >= 15 is 0 Å². The van der Waals surface area contributed by atoms with Gasteiger partial charge in [0.15, 0.2) is 5.78 Å². The monoisotopic (exact) mass is 900 g/mol. The third kappa shape index (κ3) is 13.6. The number of cyclic esters (lactones) is 1. The van der Waals surface area contributed by atoms with Crippen LogP contribution in [0, 0.1) is 35.5 Å². The molecule has 2 bridgehead atoms. The number of esters is 1. The second-order valence-electron chi connectivity index (χ2n) is 19.2. The molecule has 4 rings (SSSR count). The number of amides is 1. The molecule has 1 saturated carbocycles. The fourth-order valence-electron chi connectivity index (χ4n) is 9.95. The Kier molecular flexibility index (Phi) is 20.3. The molecule has 1 aliphatic carbocycles. The van der Waals surface area contributed by atoms with E-state index in [2.05, 4.69) is 0 Å². The number of allylic oxidation sites excluding steroid dienone is 6. The first-order valence-electron chi connectivity index (χ1n) is 23.4. The van der Waals surface area contributed by atoms with Crippen LogP contribution in [0.4, 0.5) is 0 Å². The molecule has 0 aromatic carbocycles. The van der Waals surface area contributed by atoms with Crippen LogP contribution in [-0.4, -0.2) is 132 Å². The van der Waals surface area contributed by atoms with Gasteiger partial charge in [0, 0.05) is 58.5 Å². The zero-order chi connectivity index (χ0) is 47.5. The molecule has 360 valence electrons. The van der Waals surface area contributed by atoms with Gasteiger partial charge in [0.1, 0.15) is 30.1 Å². The van der Waals surface area contributed by atoms with Crippen LogP contribution < -0.4 is 0 Å². The van der Waals surface area contributed by atoms with Crippen LogP contribution in [0.15, 0.2) is 47.6 Å². The Balaban J connectivity index is 1.68. The van der Waals surface area contributed by atoms with Gasteiger partial charge in [-0.2, -0.15) is 0 Å². The number of nitrogens with zero attached hydrogens (tertiary/aromatic N) is 1. The van der Waals surface area contributed by atoms with Crippen molar-refractivity contribution in [3.8, 4) is 0 Å². The average molecular weight is 900 g/mol. The van der Waals surface area contributed by atoms with Gasteiger partial charge in [-0.1, -0.05) is 71.1 Å². The van der Waals surface area contributed by atoms with Crippen molar-refractivity contribution in [3.63, 3.8) is 0 Å². The van der Waals surface area contributed by atoms with Crippen molar-refractivity contribution in [2.75, 3.05) is 27.9 Å². The summed E-state index contributed by atoms with van der Waals surface area (Å²) in [6, 6.07) is -1.13. The fourth-order valence-corrected chi connectivity index (χ4v) is 9.95. The van der Waals surface area contributed by atoms with E-state index in [1.54, 1.807) is 41.1 Å². The number of hydrogen-bond acceptors (Lipinski definition) is 13. The normalized spacial score (nSPS) is 38.0. The van der Waals surface area contributed by atoms with Crippen molar-refractivity contribution in [3.05, 3.63) is 47.6 Å². The lowest BCUT2D eigenvalue weighted by Gasteiger charge is -2.41. The number of Topliss-reactive ketones (excluding diaryl/α,β-unsaturated/α-hetero) is 3. The Bertz CT molecular complexity index is 1740. The number of fused-ring (bicyclic) bond motifs is 3.